The van der Waals surface area contributed by atoms with Gasteiger partial charge in [0.05, 0.1) is 5.56 Å². The molecule has 0 saturated heterocycles. The van der Waals surface area contributed by atoms with Gasteiger partial charge >= 0.3 is 6.18 Å². The molecule has 0 aromatic carbocycles. The maximum Gasteiger partial charge on any atom is 0.436 e. The van der Waals surface area contributed by atoms with Gasteiger partial charge in [0.1, 0.15) is 0 Å². The van der Waals surface area contributed by atoms with Crippen molar-refractivity contribution in [2.75, 3.05) is 0 Å². The minimum atomic E-state index is -4.87. The fourth-order valence-corrected chi connectivity index (χ4v) is 0.747. The number of halogens is 4. The van der Waals surface area contributed by atoms with Crippen LogP contribution in [-0.4, -0.2) is 11.3 Å². The zero-order valence-corrected chi connectivity index (χ0v) is 6.10. The number of aldehydes is 1. The molecule has 0 fully saturated rings. The summed E-state index contributed by atoms with van der Waals surface area (Å²) in [5.41, 5.74) is -2.32. The first kappa shape index (κ1) is 9.63. The predicted octanol–water partition coefficient (Wildman–Crippen LogP) is 2.05. The number of rotatable bonds is 1. The standard InChI is InChI=1S/C7H3F4NO/c8-5-4(3-13)1-2-12-6(5)7(9,10)11/h1-3H. The van der Waals surface area contributed by atoms with Crippen molar-refractivity contribution in [3.8, 4) is 0 Å². The highest BCUT2D eigenvalue weighted by Crippen LogP contribution is 2.29. The van der Waals surface area contributed by atoms with Crippen molar-refractivity contribution in [1.82, 2.24) is 4.98 Å². The van der Waals surface area contributed by atoms with E-state index in [1.807, 2.05) is 0 Å². The smallest absolute Gasteiger partial charge is 0.298 e. The summed E-state index contributed by atoms with van der Waals surface area (Å²) < 4.78 is 48.6. The predicted molar refractivity (Wildman–Crippen MR) is 34.6 cm³/mol. The third kappa shape index (κ3) is 1.82. The number of pyridine rings is 1. The molecule has 0 aliphatic heterocycles. The van der Waals surface area contributed by atoms with E-state index < -0.39 is 23.3 Å². The Kier molecular flexibility index (Phi) is 2.31. The van der Waals surface area contributed by atoms with E-state index in [4.69, 9.17) is 0 Å². The highest BCUT2D eigenvalue weighted by Gasteiger charge is 2.36. The Bertz CT molecular complexity index is 334. The van der Waals surface area contributed by atoms with Crippen molar-refractivity contribution >= 4 is 6.29 Å². The summed E-state index contributed by atoms with van der Waals surface area (Å²) in [5.74, 6) is -1.63. The largest absolute Gasteiger partial charge is 0.436 e. The van der Waals surface area contributed by atoms with E-state index in [1.54, 1.807) is 0 Å². The van der Waals surface area contributed by atoms with E-state index >= 15 is 0 Å². The third-order valence-corrected chi connectivity index (χ3v) is 1.31. The molecule has 6 heteroatoms. The van der Waals surface area contributed by atoms with E-state index in [0.29, 0.717) is 0 Å². The maximum atomic E-state index is 12.8. The van der Waals surface area contributed by atoms with Crippen LogP contribution in [-0.2, 0) is 6.18 Å². The molecule has 0 unspecified atom stereocenters. The molecule has 70 valence electrons. The Labute approximate surface area is 70.2 Å². The molecule has 0 radical (unpaired) electrons. The van der Waals surface area contributed by atoms with Gasteiger partial charge in [0.25, 0.3) is 0 Å². The van der Waals surface area contributed by atoms with Crippen molar-refractivity contribution in [3.63, 3.8) is 0 Å². The van der Waals surface area contributed by atoms with Gasteiger partial charge in [0.2, 0.25) is 0 Å². The first-order chi connectivity index (χ1) is 5.96. The molecule has 0 saturated carbocycles. The van der Waals surface area contributed by atoms with Gasteiger partial charge in [-0.2, -0.15) is 13.2 Å². The van der Waals surface area contributed by atoms with Gasteiger partial charge in [0, 0.05) is 6.20 Å². The van der Waals surface area contributed by atoms with Gasteiger partial charge in [-0.3, -0.25) is 4.79 Å². The molecule has 0 N–H and O–H groups in total. The van der Waals surface area contributed by atoms with Crippen LogP contribution in [0.15, 0.2) is 12.3 Å². The Morgan fingerprint density at radius 2 is 2.00 bits per heavy atom. The van der Waals surface area contributed by atoms with Crippen LogP contribution in [0.5, 0.6) is 0 Å². The van der Waals surface area contributed by atoms with Crippen molar-refractivity contribution in [2.45, 2.75) is 6.18 Å². The van der Waals surface area contributed by atoms with Crippen LogP contribution >= 0.6 is 0 Å². The molecule has 0 bridgehead atoms. The number of nitrogens with zero attached hydrogens (tertiary/aromatic N) is 1. The number of hydrogen-bond donors (Lipinski definition) is 0. The van der Waals surface area contributed by atoms with Crippen LogP contribution in [0.25, 0.3) is 0 Å². The molecule has 0 atom stereocenters. The number of carbonyl (C=O) groups is 1. The van der Waals surface area contributed by atoms with Crippen molar-refractivity contribution < 1.29 is 22.4 Å². The summed E-state index contributed by atoms with van der Waals surface area (Å²) in [6, 6.07) is 0.873. The lowest BCUT2D eigenvalue weighted by atomic mass is 10.2. The normalized spacial score (nSPS) is 11.4. The lowest BCUT2D eigenvalue weighted by Gasteiger charge is -2.06. The molecule has 2 nitrogen and oxygen atoms in total. The second-order valence-electron chi connectivity index (χ2n) is 2.18. The number of hydrogen-bond acceptors (Lipinski definition) is 2. The number of carbonyl (C=O) groups excluding carboxylic acids is 1. The van der Waals surface area contributed by atoms with Crippen molar-refractivity contribution in [1.29, 1.82) is 0 Å². The van der Waals surface area contributed by atoms with E-state index in [2.05, 4.69) is 4.98 Å². The minimum Gasteiger partial charge on any atom is -0.298 e. The van der Waals surface area contributed by atoms with Crippen LogP contribution in [0.3, 0.4) is 0 Å². The van der Waals surface area contributed by atoms with Gasteiger partial charge in [0.15, 0.2) is 17.8 Å². The molecule has 0 aliphatic rings. The van der Waals surface area contributed by atoms with E-state index in [9.17, 15) is 22.4 Å². The van der Waals surface area contributed by atoms with Crippen molar-refractivity contribution in [2.24, 2.45) is 0 Å². The SMILES string of the molecule is O=Cc1ccnc(C(F)(F)F)c1F. The monoisotopic (exact) mass is 193 g/mol. The minimum absolute atomic E-state index is 0.00620. The molecule has 13 heavy (non-hydrogen) atoms. The Morgan fingerprint density at radius 1 is 1.38 bits per heavy atom. The zero-order valence-electron chi connectivity index (χ0n) is 6.10. The van der Waals surface area contributed by atoms with Gasteiger partial charge < -0.3 is 0 Å². The summed E-state index contributed by atoms with van der Waals surface area (Å²) in [5, 5.41) is 0. The summed E-state index contributed by atoms with van der Waals surface area (Å²) in [4.78, 5) is 12.9. The lowest BCUT2D eigenvalue weighted by Crippen LogP contribution is -2.12. The third-order valence-electron chi connectivity index (χ3n) is 1.31. The molecule has 1 heterocycles. The molecular formula is C7H3F4NO. The summed E-state index contributed by atoms with van der Waals surface area (Å²) in [6.07, 6.45) is -4.13. The summed E-state index contributed by atoms with van der Waals surface area (Å²) in [6.45, 7) is 0. The van der Waals surface area contributed by atoms with E-state index in [1.165, 1.54) is 0 Å². The first-order valence-electron chi connectivity index (χ1n) is 3.13. The second kappa shape index (κ2) is 3.12. The van der Waals surface area contributed by atoms with Gasteiger partial charge in [-0.15, -0.1) is 0 Å². The molecule has 1 aromatic rings. The molecule has 0 aliphatic carbocycles. The Hall–Kier alpha value is -1.46. The topological polar surface area (TPSA) is 30.0 Å². The summed E-state index contributed by atoms with van der Waals surface area (Å²) >= 11 is 0. The van der Waals surface area contributed by atoms with Crippen molar-refractivity contribution in [3.05, 3.63) is 29.3 Å². The van der Waals surface area contributed by atoms with Gasteiger partial charge in [-0.25, -0.2) is 9.37 Å². The highest BCUT2D eigenvalue weighted by atomic mass is 19.4. The first-order valence-corrected chi connectivity index (χ1v) is 3.13. The van der Waals surface area contributed by atoms with Crippen LogP contribution in [0.2, 0.25) is 0 Å². The van der Waals surface area contributed by atoms with Crippen LogP contribution in [0.4, 0.5) is 17.6 Å². The van der Waals surface area contributed by atoms with Gasteiger partial charge in [-0.05, 0) is 6.07 Å². The fourth-order valence-electron chi connectivity index (χ4n) is 0.747. The second-order valence-corrected chi connectivity index (χ2v) is 2.18. The number of aromatic nitrogens is 1. The van der Waals surface area contributed by atoms with Crippen LogP contribution in [0, 0.1) is 5.82 Å². The lowest BCUT2D eigenvalue weighted by molar-refractivity contribution is -0.143. The maximum absolute atomic E-state index is 12.8. The average molecular weight is 193 g/mol. The van der Waals surface area contributed by atoms with E-state index in [-0.39, 0.29) is 6.29 Å². The average Bonchev–Trinajstić information content (AvgIpc) is 2.02. The molecular weight excluding hydrogens is 190 g/mol. The van der Waals surface area contributed by atoms with Crippen LogP contribution < -0.4 is 0 Å². The molecule has 1 aromatic heterocycles. The van der Waals surface area contributed by atoms with E-state index in [0.717, 1.165) is 12.3 Å². The molecule has 1 rings (SSSR count). The molecule has 0 spiro atoms. The zero-order chi connectivity index (χ0) is 10.1. The highest BCUT2D eigenvalue weighted by molar-refractivity contribution is 5.75. The Morgan fingerprint density at radius 3 is 2.46 bits per heavy atom. The fraction of sp³-hybridized carbons (Fsp3) is 0.143. The van der Waals surface area contributed by atoms with Crippen LogP contribution in [0.1, 0.15) is 16.1 Å². The molecule has 0 amide bonds. The Balaban J connectivity index is 3.32. The summed E-state index contributed by atoms with van der Waals surface area (Å²) in [7, 11) is 0. The van der Waals surface area contributed by atoms with Gasteiger partial charge in [-0.1, -0.05) is 0 Å². The quantitative estimate of drug-likeness (QED) is 0.504. The number of alkyl halides is 3.